The molecule has 58 heavy (non-hydrogen) atoms. The summed E-state index contributed by atoms with van der Waals surface area (Å²) < 4.78 is 3.45. The molecule has 4 heteroatoms. The molecule has 0 fully saturated rings. The number of hydrogen-bond acceptors (Lipinski definition) is 3. The number of para-hydroxylation sites is 4. The molecule has 270 valence electrons. The summed E-state index contributed by atoms with van der Waals surface area (Å²) in [7, 11) is 0. The predicted molar refractivity (Wildman–Crippen MR) is 246 cm³/mol. The van der Waals surface area contributed by atoms with Crippen molar-refractivity contribution in [1.29, 1.82) is 0 Å². The van der Waals surface area contributed by atoms with Crippen molar-refractivity contribution in [3.8, 4) is 49.9 Å². The molecule has 0 aliphatic carbocycles. The fraction of sp³-hybridized carbons (Fsp3) is 0. The average molecular weight is 756 g/mol. The Kier molecular flexibility index (Phi) is 7.40. The third-order valence-electron chi connectivity index (χ3n) is 11.6. The van der Waals surface area contributed by atoms with Gasteiger partial charge in [-0.15, -0.1) is 11.3 Å². The Balaban J connectivity index is 1.14. The molecule has 0 amide bonds. The number of hydrogen-bond donors (Lipinski definition) is 0. The molecule has 3 aromatic heterocycles. The van der Waals surface area contributed by atoms with Crippen LogP contribution in [0.5, 0.6) is 0 Å². The van der Waals surface area contributed by atoms with Gasteiger partial charge in [-0.25, -0.2) is 9.97 Å². The SMILES string of the molecule is c1ccc(-c2nc3ccccc3c3c(-c4ccc5c6ccccc6c6ccccc6c5c4)c(-c4ccc(-c5nc6ccccc6n5-c5ccccc5)cc4)sc23)cc1. The van der Waals surface area contributed by atoms with Gasteiger partial charge in [-0.3, -0.25) is 4.57 Å². The van der Waals surface area contributed by atoms with Crippen LogP contribution in [-0.4, -0.2) is 14.5 Å². The number of nitrogens with zero attached hydrogens (tertiary/aromatic N) is 3. The molecule has 3 heterocycles. The van der Waals surface area contributed by atoms with Gasteiger partial charge in [-0.1, -0.05) is 164 Å². The Hall–Kier alpha value is -7.40. The van der Waals surface area contributed by atoms with Gasteiger partial charge in [-0.05, 0) is 79.8 Å². The molecular formula is C54H33N3S. The van der Waals surface area contributed by atoms with Crippen LogP contribution in [0.15, 0.2) is 200 Å². The summed E-state index contributed by atoms with van der Waals surface area (Å²) in [6.07, 6.45) is 0. The van der Waals surface area contributed by atoms with Crippen molar-refractivity contribution in [3.63, 3.8) is 0 Å². The van der Waals surface area contributed by atoms with Gasteiger partial charge >= 0.3 is 0 Å². The van der Waals surface area contributed by atoms with Crippen LogP contribution in [0.4, 0.5) is 0 Å². The first-order chi connectivity index (χ1) is 28.8. The highest BCUT2D eigenvalue weighted by Crippen LogP contribution is 2.51. The first-order valence-corrected chi connectivity index (χ1v) is 20.5. The first-order valence-electron chi connectivity index (χ1n) is 19.7. The van der Waals surface area contributed by atoms with Gasteiger partial charge in [0.15, 0.2) is 0 Å². The normalized spacial score (nSPS) is 11.8. The van der Waals surface area contributed by atoms with Gasteiger partial charge in [0.2, 0.25) is 0 Å². The number of pyridine rings is 1. The molecule has 0 saturated carbocycles. The lowest BCUT2D eigenvalue weighted by atomic mass is 9.90. The van der Waals surface area contributed by atoms with Crippen molar-refractivity contribution in [2.45, 2.75) is 0 Å². The van der Waals surface area contributed by atoms with Crippen LogP contribution in [0.25, 0.3) is 114 Å². The molecule has 0 radical (unpaired) electrons. The van der Waals surface area contributed by atoms with Crippen LogP contribution in [0.3, 0.4) is 0 Å². The van der Waals surface area contributed by atoms with E-state index < -0.39 is 0 Å². The fourth-order valence-electron chi connectivity index (χ4n) is 8.97. The van der Waals surface area contributed by atoms with Crippen LogP contribution < -0.4 is 0 Å². The second kappa shape index (κ2) is 13.1. The Labute approximate surface area is 338 Å². The number of fused-ring (bicyclic) bond motifs is 10. The maximum absolute atomic E-state index is 5.35. The van der Waals surface area contributed by atoms with Gasteiger partial charge in [0.05, 0.1) is 26.9 Å². The van der Waals surface area contributed by atoms with E-state index in [9.17, 15) is 0 Å². The van der Waals surface area contributed by atoms with Crippen LogP contribution in [0.1, 0.15) is 0 Å². The van der Waals surface area contributed by atoms with E-state index in [1.165, 1.54) is 58.4 Å². The largest absolute Gasteiger partial charge is 0.292 e. The molecule has 12 rings (SSSR count). The summed E-state index contributed by atoms with van der Waals surface area (Å²) in [5.74, 6) is 0.922. The lowest BCUT2D eigenvalue weighted by molar-refractivity contribution is 1.10. The molecule has 0 atom stereocenters. The molecular weight excluding hydrogens is 723 g/mol. The van der Waals surface area contributed by atoms with Gasteiger partial charge < -0.3 is 0 Å². The van der Waals surface area contributed by atoms with E-state index in [1.807, 2.05) is 11.3 Å². The lowest BCUT2D eigenvalue weighted by Gasteiger charge is -2.14. The molecule has 0 N–H and O–H groups in total. The standard InChI is InChI=1S/C54H33N3S/c1-3-15-34(16-4-1)51-53-50(44-23-11-12-24-46(44)55-51)49(37-31-32-43-41-21-8-7-19-39(41)40-20-9-10-22-42(40)45(43)33-37)52(58-53)35-27-29-36(30-28-35)54-56-47-25-13-14-26-48(47)57(54)38-17-5-2-6-18-38/h1-33H. The maximum Gasteiger partial charge on any atom is 0.145 e. The Morgan fingerprint density at radius 1 is 0.379 bits per heavy atom. The monoisotopic (exact) mass is 755 g/mol. The number of imidazole rings is 1. The molecule has 0 spiro atoms. The van der Waals surface area contributed by atoms with Gasteiger partial charge in [-0.2, -0.15) is 0 Å². The highest BCUT2D eigenvalue weighted by atomic mass is 32.1. The second-order valence-electron chi connectivity index (χ2n) is 14.9. The molecule has 0 unspecified atom stereocenters. The Bertz CT molecular complexity index is 3510. The lowest BCUT2D eigenvalue weighted by Crippen LogP contribution is -1.97. The number of aromatic nitrogens is 3. The third-order valence-corrected chi connectivity index (χ3v) is 12.8. The first kappa shape index (κ1) is 32.8. The van der Waals surface area contributed by atoms with E-state index in [-0.39, 0.29) is 0 Å². The van der Waals surface area contributed by atoms with Crippen molar-refractivity contribution in [3.05, 3.63) is 200 Å². The maximum atomic E-state index is 5.35. The zero-order valence-corrected chi connectivity index (χ0v) is 32.1. The average Bonchev–Trinajstić information content (AvgIpc) is 3.90. The third kappa shape index (κ3) is 5.05. The zero-order valence-electron chi connectivity index (χ0n) is 31.3. The quantitative estimate of drug-likeness (QED) is 0.164. The summed E-state index contributed by atoms with van der Waals surface area (Å²) in [4.78, 5) is 11.7. The van der Waals surface area contributed by atoms with Crippen molar-refractivity contribution >= 4 is 75.7 Å². The molecule has 12 aromatic rings. The van der Waals surface area contributed by atoms with Crippen molar-refractivity contribution < 1.29 is 0 Å². The van der Waals surface area contributed by atoms with Crippen molar-refractivity contribution in [2.75, 3.05) is 0 Å². The molecule has 0 saturated heterocycles. The number of rotatable bonds is 5. The van der Waals surface area contributed by atoms with Crippen LogP contribution in [-0.2, 0) is 0 Å². The summed E-state index contributed by atoms with van der Waals surface area (Å²) in [6, 6.07) is 71.9. The highest BCUT2D eigenvalue weighted by Gasteiger charge is 2.23. The molecule has 0 bridgehead atoms. The summed E-state index contributed by atoms with van der Waals surface area (Å²) in [5.41, 5.74) is 10.9. The predicted octanol–water partition coefficient (Wildman–Crippen LogP) is 14.9. The summed E-state index contributed by atoms with van der Waals surface area (Å²) in [6.45, 7) is 0. The smallest absolute Gasteiger partial charge is 0.145 e. The van der Waals surface area contributed by atoms with E-state index in [1.54, 1.807) is 0 Å². The summed E-state index contributed by atoms with van der Waals surface area (Å²) in [5, 5.41) is 10.0. The van der Waals surface area contributed by atoms with Gasteiger partial charge in [0, 0.05) is 38.0 Å². The van der Waals surface area contributed by atoms with Crippen molar-refractivity contribution in [2.24, 2.45) is 0 Å². The molecule has 0 aliphatic heterocycles. The van der Waals surface area contributed by atoms with Gasteiger partial charge in [0.25, 0.3) is 0 Å². The van der Waals surface area contributed by atoms with Crippen LogP contribution >= 0.6 is 11.3 Å². The Morgan fingerprint density at radius 2 is 0.914 bits per heavy atom. The molecule has 0 aliphatic rings. The Morgan fingerprint density at radius 3 is 1.62 bits per heavy atom. The van der Waals surface area contributed by atoms with E-state index in [0.29, 0.717) is 0 Å². The minimum absolute atomic E-state index is 0.922. The minimum Gasteiger partial charge on any atom is -0.292 e. The van der Waals surface area contributed by atoms with E-state index >= 15 is 0 Å². The van der Waals surface area contributed by atoms with E-state index in [4.69, 9.17) is 9.97 Å². The summed E-state index contributed by atoms with van der Waals surface area (Å²) >= 11 is 1.84. The minimum atomic E-state index is 0.922. The van der Waals surface area contributed by atoms with Crippen LogP contribution in [0, 0.1) is 0 Å². The highest BCUT2D eigenvalue weighted by molar-refractivity contribution is 7.23. The molecule has 9 aromatic carbocycles. The van der Waals surface area contributed by atoms with E-state index in [2.05, 4.69) is 205 Å². The van der Waals surface area contributed by atoms with Gasteiger partial charge in [0.1, 0.15) is 5.82 Å². The van der Waals surface area contributed by atoms with Crippen molar-refractivity contribution in [1.82, 2.24) is 14.5 Å². The second-order valence-corrected chi connectivity index (χ2v) is 15.9. The van der Waals surface area contributed by atoms with Crippen LogP contribution in [0.2, 0.25) is 0 Å². The number of thiophene rings is 1. The topological polar surface area (TPSA) is 30.7 Å². The fourth-order valence-corrected chi connectivity index (χ4v) is 10.3. The molecule has 3 nitrogen and oxygen atoms in total. The zero-order chi connectivity index (χ0) is 38.2. The van der Waals surface area contributed by atoms with E-state index in [0.717, 1.165) is 55.8 Å². The number of benzene rings is 9.